The van der Waals surface area contributed by atoms with Gasteiger partial charge in [0.1, 0.15) is 6.61 Å². The maximum atomic E-state index is 10.7. The number of hydrogen-bond donors (Lipinski definition) is 0. The molecule has 0 bridgehead atoms. The molecule has 0 aliphatic carbocycles. The molecule has 0 amide bonds. The fourth-order valence-electron chi connectivity index (χ4n) is 0.462. The van der Waals surface area contributed by atoms with E-state index in [2.05, 4.69) is 6.58 Å². The fraction of sp³-hybridized carbons (Fsp3) is 0.571. The molecule has 0 aromatic carbocycles. The highest BCUT2D eigenvalue weighted by Crippen LogP contribution is 2.05. The summed E-state index contributed by atoms with van der Waals surface area (Å²) >= 11 is 0. The molecule has 70 valence electrons. The topological polar surface area (TPSA) is 44.8 Å². The first-order chi connectivity index (χ1) is 5.58. The standard InChI is InChI=1S/C7H14O4Si/c1-4-6(8)11-5-7(12,9-2)10-3/h4H,1,5H2,2-3,12H3. The van der Waals surface area contributed by atoms with Gasteiger partial charge in [0.25, 0.3) is 0 Å². The molecule has 0 unspecified atom stereocenters. The number of rotatable bonds is 5. The second-order valence-electron chi connectivity index (χ2n) is 2.35. The molecular weight excluding hydrogens is 176 g/mol. The lowest BCUT2D eigenvalue weighted by atomic mass is 10.6. The highest BCUT2D eigenvalue weighted by Gasteiger charge is 2.23. The molecule has 4 nitrogen and oxygen atoms in total. The van der Waals surface area contributed by atoms with Crippen LogP contribution in [-0.2, 0) is 19.0 Å². The summed E-state index contributed by atoms with van der Waals surface area (Å²) in [4.78, 5) is 10.7. The molecule has 0 rings (SSSR count). The van der Waals surface area contributed by atoms with Crippen molar-refractivity contribution in [2.45, 2.75) is 5.41 Å². The van der Waals surface area contributed by atoms with Crippen LogP contribution in [0.25, 0.3) is 0 Å². The minimum Gasteiger partial charge on any atom is -0.457 e. The second kappa shape index (κ2) is 5.07. The van der Waals surface area contributed by atoms with E-state index < -0.39 is 11.4 Å². The molecule has 0 heterocycles. The Labute approximate surface area is 74.9 Å². The Morgan fingerprint density at radius 2 is 2.08 bits per heavy atom. The van der Waals surface area contributed by atoms with Crippen LogP contribution in [0, 0.1) is 0 Å². The average molecular weight is 190 g/mol. The van der Waals surface area contributed by atoms with Gasteiger partial charge in [-0.25, -0.2) is 4.79 Å². The fourth-order valence-corrected chi connectivity index (χ4v) is 0.607. The summed E-state index contributed by atoms with van der Waals surface area (Å²) in [5, 5.41) is 0. The molecule has 0 spiro atoms. The summed E-state index contributed by atoms with van der Waals surface area (Å²) < 4.78 is 14.8. The molecule has 0 N–H and O–H groups in total. The number of carbonyl (C=O) groups excluding carboxylic acids is 1. The maximum Gasteiger partial charge on any atom is 0.330 e. The summed E-state index contributed by atoms with van der Waals surface area (Å²) in [5.74, 6) is -0.468. The van der Waals surface area contributed by atoms with Crippen molar-refractivity contribution in [3.63, 3.8) is 0 Å². The molecule has 0 aliphatic heterocycles. The Bertz CT molecular complexity index is 165. The number of carbonyl (C=O) groups is 1. The van der Waals surface area contributed by atoms with Crippen LogP contribution in [0.3, 0.4) is 0 Å². The molecule has 0 aromatic rings. The zero-order valence-electron chi connectivity index (χ0n) is 7.62. The predicted octanol–water partition coefficient (Wildman–Crippen LogP) is -0.972. The quantitative estimate of drug-likeness (QED) is 0.242. The van der Waals surface area contributed by atoms with Crippen molar-refractivity contribution in [2.75, 3.05) is 20.8 Å². The van der Waals surface area contributed by atoms with Gasteiger partial charge in [0.2, 0.25) is 0 Å². The van der Waals surface area contributed by atoms with E-state index in [1.165, 1.54) is 14.2 Å². The zero-order chi connectivity index (χ0) is 9.61. The number of esters is 1. The molecule has 0 fully saturated rings. The molecular formula is C7H14O4Si. The van der Waals surface area contributed by atoms with Crippen molar-refractivity contribution in [1.29, 1.82) is 0 Å². The largest absolute Gasteiger partial charge is 0.457 e. The van der Waals surface area contributed by atoms with Crippen LogP contribution in [0.2, 0.25) is 0 Å². The van der Waals surface area contributed by atoms with E-state index in [0.29, 0.717) is 10.2 Å². The van der Waals surface area contributed by atoms with Gasteiger partial charge in [0, 0.05) is 20.3 Å². The van der Waals surface area contributed by atoms with E-state index in [-0.39, 0.29) is 6.61 Å². The summed E-state index contributed by atoms with van der Waals surface area (Å²) in [5.41, 5.74) is -0.737. The Kier molecular flexibility index (Phi) is 4.80. The summed E-state index contributed by atoms with van der Waals surface area (Å²) in [6.07, 6.45) is 1.10. The van der Waals surface area contributed by atoms with Gasteiger partial charge in [0.05, 0.1) is 10.2 Å². The van der Waals surface area contributed by atoms with E-state index in [4.69, 9.17) is 14.2 Å². The van der Waals surface area contributed by atoms with Crippen LogP contribution in [0.1, 0.15) is 0 Å². The number of methoxy groups -OCH3 is 2. The van der Waals surface area contributed by atoms with Gasteiger partial charge in [-0.3, -0.25) is 0 Å². The van der Waals surface area contributed by atoms with Crippen molar-refractivity contribution in [1.82, 2.24) is 0 Å². The summed E-state index contributed by atoms with van der Waals surface area (Å²) in [6, 6.07) is 0. The first-order valence-corrected chi connectivity index (χ1v) is 4.47. The van der Waals surface area contributed by atoms with Crippen LogP contribution in [0.5, 0.6) is 0 Å². The van der Waals surface area contributed by atoms with Crippen molar-refractivity contribution < 1.29 is 19.0 Å². The van der Waals surface area contributed by atoms with Crippen LogP contribution in [0.4, 0.5) is 0 Å². The highest BCUT2D eigenvalue weighted by molar-refractivity contribution is 6.13. The zero-order valence-corrected chi connectivity index (χ0v) is 9.62. The minimum atomic E-state index is -0.737. The van der Waals surface area contributed by atoms with Crippen molar-refractivity contribution in [3.05, 3.63) is 12.7 Å². The van der Waals surface area contributed by atoms with Gasteiger partial charge in [-0.1, -0.05) is 6.58 Å². The SMILES string of the molecule is C=CC(=O)OCC([SiH3])(OC)OC. The van der Waals surface area contributed by atoms with Crippen molar-refractivity contribution >= 4 is 16.2 Å². The monoisotopic (exact) mass is 190 g/mol. The number of ether oxygens (including phenoxy) is 3. The van der Waals surface area contributed by atoms with Crippen LogP contribution in [-0.4, -0.2) is 42.4 Å². The third-order valence-electron chi connectivity index (χ3n) is 1.51. The first kappa shape index (κ1) is 11.3. The van der Waals surface area contributed by atoms with Crippen molar-refractivity contribution in [3.8, 4) is 0 Å². The Morgan fingerprint density at radius 1 is 1.58 bits per heavy atom. The molecule has 0 aliphatic rings. The molecule has 5 heteroatoms. The lowest BCUT2D eigenvalue weighted by Crippen LogP contribution is -2.40. The highest BCUT2D eigenvalue weighted by atomic mass is 28.1. The second-order valence-corrected chi connectivity index (χ2v) is 3.88. The third kappa shape index (κ3) is 3.66. The molecule has 0 saturated carbocycles. The lowest BCUT2D eigenvalue weighted by Gasteiger charge is -2.25. The molecule has 0 saturated heterocycles. The maximum absolute atomic E-state index is 10.7. The Hall–Kier alpha value is -0.653. The molecule has 0 atom stereocenters. The number of hydrogen-bond acceptors (Lipinski definition) is 4. The lowest BCUT2D eigenvalue weighted by molar-refractivity contribution is -0.182. The van der Waals surface area contributed by atoms with E-state index in [0.717, 1.165) is 6.08 Å². The summed E-state index contributed by atoms with van der Waals surface area (Å²) in [7, 11) is 3.65. The Morgan fingerprint density at radius 3 is 2.42 bits per heavy atom. The van der Waals surface area contributed by atoms with Gasteiger partial charge < -0.3 is 14.2 Å². The normalized spacial score (nSPS) is 11.2. The molecule has 0 radical (unpaired) electrons. The van der Waals surface area contributed by atoms with E-state index in [9.17, 15) is 4.79 Å². The molecule has 12 heavy (non-hydrogen) atoms. The van der Waals surface area contributed by atoms with Crippen LogP contribution < -0.4 is 0 Å². The van der Waals surface area contributed by atoms with Gasteiger partial charge >= 0.3 is 5.97 Å². The van der Waals surface area contributed by atoms with Gasteiger partial charge in [0.15, 0.2) is 5.41 Å². The van der Waals surface area contributed by atoms with Gasteiger partial charge in [-0.05, 0) is 0 Å². The predicted molar refractivity (Wildman–Crippen MR) is 47.8 cm³/mol. The van der Waals surface area contributed by atoms with Crippen LogP contribution >= 0.6 is 0 Å². The average Bonchev–Trinajstić information content (AvgIpc) is 2.13. The first-order valence-electron chi connectivity index (χ1n) is 3.47. The molecule has 0 aromatic heterocycles. The summed E-state index contributed by atoms with van der Waals surface area (Å²) in [6.45, 7) is 3.38. The smallest absolute Gasteiger partial charge is 0.330 e. The van der Waals surface area contributed by atoms with Gasteiger partial charge in [-0.15, -0.1) is 0 Å². The van der Waals surface area contributed by atoms with Gasteiger partial charge in [-0.2, -0.15) is 0 Å². The van der Waals surface area contributed by atoms with Crippen molar-refractivity contribution in [2.24, 2.45) is 0 Å². The van der Waals surface area contributed by atoms with E-state index in [1.807, 2.05) is 0 Å². The van der Waals surface area contributed by atoms with E-state index in [1.54, 1.807) is 0 Å². The van der Waals surface area contributed by atoms with Crippen LogP contribution in [0.15, 0.2) is 12.7 Å². The third-order valence-corrected chi connectivity index (χ3v) is 2.61. The van der Waals surface area contributed by atoms with E-state index >= 15 is 0 Å². The minimum absolute atomic E-state index is 0.108. The Balaban J connectivity index is 3.88.